The number of hydrogen-bond acceptors (Lipinski definition) is 6. The van der Waals surface area contributed by atoms with Crippen molar-refractivity contribution in [1.29, 1.82) is 0 Å². The quantitative estimate of drug-likeness (QED) is 0.339. The fraction of sp³-hybridized carbons (Fsp3) is 0.429. The molecule has 1 atom stereocenters. The van der Waals surface area contributed by atoms with Gasteiger partial charge in [-0.2, -0.15) is 0 Å². The Kier molecular flexibility index (Phi) is 8.06. The number of carbonyl (C=O) groups is 2. The van der Waals surface area contributed by atoms with E-state index < -0.39 is 23.5 Å². The first-order valence-corrected chi connectivity index (χ1v) is 12.3. The molecule has 7 nitrogen and oxygen atoms in total. The van der Waals surface area contributed by atoms with Crippen LogP contribution in [0.25, 0.3) is 5.76 Å². The zero-order valence-corrected chi connectivity index (χ0v) is 21.0. The van der Waals surface area contributed by atoms with Crippen molar-refractivity contribution in [2.75, 3.05) is 46.0 Å². The van der Waals surface area contributed by atoms with Gasteiger partial charge < -0.3 is 19.5 Å². The Labute approximate surface area is 211 Å². The van der Waals surface area contributed by atoms with Gasteiger partial charge in [0.25, 0.3) is 11.7 Å². The van der Waals surface area contributed by atoms with E-state index >= 15 is 0 Å². The summed E-state index contributed by atoms with van der Waals surface area (Å²) in [5.41, 5.74) is 1.79. The van der Waals surface area contributed by atoms with E-state index in [0.29, 0.717) is 55.7 Å². The van der Waals surface area contributed by atoms with Gasteiger partial charge in [-0.25, -0.2) is 4.39 Å². The lowest BCUT2D eigenvalue weighted by Crippen LogP contribution is -2.42. The van der Waals surface area contributed by atoms with Crippen molar-refractivity contribution < 1.29 is 28.6 Å². The topological polar surface area (TPSA) is 79.3 Å². The van der Waals surface area contributed by atoms with E-state index in [-0.39, 0.29) is 11.3 Å². The first-order valence-electron chi connectivity index (χ1n) is 12.3. The molecule has 2 saturated heterocycles. The molecule has 2 aromatic rings. The van der Waals surface area contributed by atoms with Gasteiger partial charge in [0.15, 0.2) is 0 Å². The van der Waals surface area contributed by atoms with Crippen LogP contribution in [0.15, 0.2) is 48.0 Å². The highest BCUT2D eigenvalue weighted by molar-refractivity contribution is 6.46. The largest absolute Gasteiger partial charge is 0.507 e. The summed E-state index contributed by atoms with van der Waals surface area (Å²) in [6.45, 7) is 10.1. The van der Waals surface area contributed by atoms with Gasteiger partial charge in [0.05, 0.1) is 31.4 Å². The number of morpholine rings is 1. The van der Waals surface area contributed by atoms with Gasteiger partial charge in [-0.15, -0.1) is 0 Å². The Hall–Kier alpha value is -3.23. The number of benzene rings is 2. The lowest BCUT2D eigenvalue weighted by Gasteiger charge is -2.31. The summed E-state index contributed by atoms with van der Waals surface area (Å²) in [5, 5.41) is 11.3. The molecule has 0 spiro atoms. The predicted molar refractivity (Wildman–Crippen MR) is 134 cm³/mol. The molecule has 2 aliphatic rings. The van der Waals surface area contributed by atoms with E-state index in [1.807, 2.05) is 6.92 Å². The molecule has 4 rings (SSSR count). The number of aliphatic hydroxyl groups is 1. The number of ether oxygens (including phenoxy) is 2. The minimum Gasteiger partial charge on any atom is -0.507 e. The van der Waals surface area contributed by atoms with E-state index in [9.17, 15) is 19.1 Å². The second-order valence-corrected chi connectivity index (χ2v) is 9.68. The fourth-order valence-corrected chi connectivity index (χ4v) is 4.55. The number of ketones is 1. The number of rotatable bonds is 8. The van der Waals surface area contributed by atoms with Crippen molar-refractivity contribution in [2.24, 2.45) is 5.92 Å². The molecule has 0 bridgehead atoms. The summed E-state index contributed by atoms with van der Waals surface area (Å²) in [7, 11) is 0. The predicted octanol–water partition coefficient (Wildman–Crippen LogP) is 3.92. The minimum absolute atomic E-state index is 0.00355. The first-order chi connectivity index (χ1) is 17.3. The number of aryl methyl sites for hydroxylation is 1. The molecule has 8 heteroatoms. The number of hydrogen-bond donors (Lipinski definition) is 1. The average molecular weight is 497 g/mol. The molecule has 2 aromatic carbocycles. The minimum atomic E-state index is -0.816. The zero-order valence-electron chi connectivity index (χ0n) is 21.0. The normalized spacial score (nSPS) is 20.4. The maximum absolute atomic E-state index is 13.7. The average Bonchev–Trinajstić information content (AvgIpc) is 3.12. The Morgan fingerprint density at radius 3 is 2.44 bits per heavy atom. The first kappa shape index (κ1) is 25.9. The van der Waals surface area contributed by atoms with Crippen molar-refractivity contribution in [3.63, 3.8) is 0 Å². The van der Waals surface area contributed by atoms with Crippen molar-refractivity contribution in [3.05, 3.63) is 70.5 Å². The molecule has 1 N–H and O–H groups in total. The monoisotopic (exact) mass is 496 g/mol. The molecule has 0 unspecified atom stereocenters. The van der Waals surface area contributed by atoms with Crippen LogP contribution in [0.4, 0.5) is 4.39 Å². The van der Waals surface area contributed by atoms with Crippen LogP contribution in [0.3, 0.4) is 0 Å². The van der Waals surface area contributed by atoms with Gasteiger partial charge in [0, 0.05) is 31.7 Å². The van der Waals surface area contributed by atoms with Gasteiger partial charge >= 0.3 is 0 Å². The van der Waals surface area contributed by atoms with Crippen LogP contribution < -0.4 is 4.74 Å². The highest BCUT2D eigenvalue weighted by Gasteiger charge is 2.46. The molecule has 192 valence electrons. The number of likely N-dealkylation sites (tertiary alicyclic amines) is 1. The highest BCUT2D eigenvalue weighted by Crippen LogP contribution is 2.39. The zero-order chi connectivity index (χ0) is 25.8. The van der Waals surface area contributed by atoms with E-state index in [2.05, 4.69) is 18.7 Å². The number of halogens is 1. The third-order valence-corrected chi connectivity index (χ3v) is 6.51. The third kappa shape index (κ3) is 5.60. The number of Topliss-reactive ketones (excluding diaryl/α,β-unsaturated/α-hetero) is 1. The lowest BCUT2D eigenvalue weighted by molar-refractivity contribution is -0.140. The summed E-state index contributed by atoms with van der Waals surface area (Å²) in [5.74, 6) is -1.04. The summed E-state index contributed by atoms with van der Waals surface area (Å²) < 4.78 is 24.9. The smallest absolute Gasteiger partial charge is 0.295 e. The number of carbonyl (C=O) groups excluding carboxylic acids is 2. The molecule has 1 amide bonds. The van der Waals surface area contributed by atoms with Gasteiger partial charge in [-0.3, -0.25) is 14.5 Å². The van der Waals surface area contributed by atoms with Crippen LogP contribution in [0.2, 0.25) is 0 Å². The molecular weight excluding hydrogens is 463 g/mol. The molecule has 2 aliphatic heterocycles. The van der Waals surface area contributed by atoms with Gasteiger partial charge in [0.2, 0.25) is 0 Å². The number of amides is 1. The van der Waals surface area contributed by atoms with Gasteiger partial charge in [-0.05, 0) is 54.3 Å². The van der Waals surface area contributed by atoms with E-state index in [0.717, 1.165) is 18.7 Å². The number of aliphatic hydroxyl groups excluding tert-OH is 1. The van der Waals surface area contributed by atoms with Gasteiger partial charge in [-0.1, -0.05) is 26.0 Å². The number of nitrogens with zero attached hydrogens (tertiary/aromatic N) is 2. The lowest BCUT2D eigenvalue weighted by atomic mass is 9.94. The van der Waals surface area contributed by atoms with Gasteiger partial charge in [0.1, 0.15) is 17.3 Å². The maximum Gasteiger partial charge on any atom is 0.295 e. The molecule has 0 saturated carbocycles. The molecule has 0 aliphatic carbocycles. The summed E-state index contributed by atoms with van der Waals surface area (Å²) in [4.78, 5) is 30.0. The van der Waals surface area contributed by atoms with E-state index in [4.69, 9.17) is 9.47 Å². The van der Waals surface area contributed by atoms with Crippen molar-refractivity contribution in [1.82, 2.24) is 9.80 Å². The standard InChI is InChI=1S/C28H33FN2O5/c1-18(2)17-36-23-9-6-21(16-19(23)3)26(32)24-25(20-4-7-22(29)8-5-20)31(28(34)27(24)33)11-10-30-12-14-35-15-13-30/h4-9,16,18,25,32H,10-15,17H2,1-3H3/t25-/m0/s1. The van der Waals surface area contributed by atoms with Crippen LogP contribution in [0.1, 0.15) is 36.6 Å². The second kappa shape index (κ2) is 11.2. The Bertz CT molecular complexity index is 1140. The van der Waals surface area contributed by atoms with E-state index in [1.165, 1.54) is 17.0 Å². The molecule has 2 heterocycles. The highest BCUT2D eigenvalue weighted by atomic mass is 19.1. The van der Waals surface area contributed by atoms with E-state index in [1.54, 1.807) is 30.3 Å². The Morgan fingerprint density at radius 2 is 1.81 bits per heavy atom. The van der Waals surface area contributed by atoms with Crippen LogP contribution >= 0.6 is 0 Å². The summed E-state index contributed by atoms with van der Waals surface area (Å²) in [6.07, 6.45) is 0. The molecule has 0 radical (unpaired) electrons. The van der Waals surface area contributed by atoms with Crippen molar-refractivity contribution in [2.45, 2.75) is 26.8 Å². The maximum atomic E-state index is 13.7. The molecule has 36 heavy (non-hydrogen) atoms. The molecular formula is C28H33FN2O5. The SMILES string of the molecule is Cc1cc(C(O)=C2C(=O)C(=O)N(CCN3CCOCC3)[C@H]2c2ccc(F)cc2)ccc1OCC(C)C. The van der Waals surface area contributed by atoms with Crippen molar-refractivity contribution in [3.8, 4) is 5.75 Å². The fourth-order valence-electron chi connectivity index (χ4n) is 4.55. The Balaban J connectivity index is 1.69. The Morgan fingerprint density at radius 1 is 1.11 bits per heavy atom. The van der Waals surface area contributed by atoms with Crippen LogP contribution in [-0.4, -0.2) is 72.6 Å². The molecule has 0 aromatic heterocycles. The summed E-state index contributed by atoms with van der Waals surface area (Å²) in [6, 6.07) is 10.1. The van der Waals surface area contributed by atoms with Crippen LogP contribution in [0, 0.1) is 18.7 Å². The second-order valence-electron chi connectivity index (χ2n) is 9.68. The van der Waals surface area contributed by atoms with Crippen molar-refractivity contribution >= 4 is 17.4 Å². The summed E-state index contributed by atoms with van der Waals surface area (Å²) >= 11 is 0. The van der Waals surface area contributed by atoms with Crippen LogP contribution in [-0.2, 0) is 14.3 Å². The third-order valence-electron chi connectivity index (χ3n) is 6.51. The molecule has 2 fully saturated rings. The van der Waals surface area contributed by atoms with Crippen LogP contribution in [0.5, 0.6) is 5.75 Å².